The molecular formula is C17H18N7NaO9S3. The van der Waals surface area contributed by atoms with E-state index in [9.17, 15) is 27.9 Å². The fourth-order valence-electron chi connectivity index (χ4n) is 3.52. The van der Waals surface area contributed by atoms with Gasteiger partial charge >= 0.3 is 39.7 Å². The zero-order chi connectivity index (χ0) is 26.3. The molecule has 0 spiro atoms. The van der Waals surface area contributed by atoms with Gasteiger partial charge in [0.05, 0.1) is 24.3 Å². The first kappa shape index (κ1) is 29.4. The van der Waals surface area contributed by atoms with Gasteiger partial charge in [-0.2, -0.15) is 8.42 Å². The predicted molar refractivity (Wildman–Crippen MR) is 118 cm³/mol. The van der Waals surface area contributed by atoms with Crippen molar-refractivity contribution in [3.05, 3.63) is 23.1 Å². The minimum Gasteiger partial charge on any atom is -0.543 e. The zero-order valence-corrected chi connectivity index (χ0v) is 24.3. The van der Waals surface area contributed by atoms with Crippen LogP contribution in [0.25, 0.3) is 0 Å². The topological polar surface area (TPSA) is 212 Å². The molecule has 0 bridgehead atoms. The number of ether oxygens (including phenoxy) is 1. The number of carboxylic acids is 1. The van der Waals surface area contributed by atoms with Crippen molar-refractivity contribution < 1.29 is 70.9 Å². The molecule has 4 rings (SSSR count). The zero-order valence-electron chi connectivity index (χ0n) is 19.9. The fraction of sp³-hybridized carbons (Fsp3) is 0.471. The van der Waals surface area contributed by atoms with Crippen LogP contribution in [-0.4, -0.2) is 92.4 Å². The maximum atomic E-state index is 13.1. The number of tetrazole rings is 1. The molecule has 4 heterocycles. The third-order valence-corrected chi connectivity index (χ3v) is 7.96. The normalized spacial score (nSPS) is 21.1. The van der Waals surface area contributed by atoms with E-state index in [1.165, 1.54) is 35.3 Å². The van der Waals surface area contributed by atoms with E-state index >= 15 is 0 Å². The Morgan fingerprint density at radius 3 is 2.76 bits per heavy atom. The molecule has 1 fully saturated rings. The molecule has 0 unspecified atom stereocenters. The molecular weight excluding hydrogens is 565 g/mol. The maximum absolute atomic E-state index is 13.1. The first-order chi connectivity index (χ1) is 16.9. The van der Waals surface area contributed by atoms with Gasteiger partial charge in [0, 0.05) is 31.7 Å². The van der Waals surface area contributed by atoms with E-state index in [0.29, 0.717) is 10.7 Å². The Balaban J connectivity index is 0.00000380. The number of hydrogen-bond acceptors (Lipinski definition) is 15. The van der Waals surface area contributed by atoms with Crippen molar-refractivity contribution in [2.75, 3.05) is 24.9 Å². The van der Waals surface area contributed by atoms with Gasteiger partial charge in [0.1, 0.15) is 11.1 Å². The van der Waals surface area contributed by atoms with Crippen molar-refractivity contribution in [3.63, 3.8) is 0 Å². The Bertz CT molecular complexity index is 1360. The summed E-state index contributed by atoms with van der Waals surface area (Å²) in [5, 5.41) is 28.5. The number of nitrogens with one attached hydrogen (secondary N) is 1. The van der Waals surface area contributed by atoms with Crippen LogP contribution in [0.15, 0.2) is 27.0 Å². The van der Waals surface area contributed by atoms with Crippen molar-refractivity contribution in [1.29, 1.82) is 0 Å². The number of thioether (sulfide) groups is 2. The van der Waals surface area contributed by atoms with Crippen LogP contribution in [0.4, 0.5) is 0 Å². The monoisotopic (exact) mass is 583 g/mol. The molecule has 2 amide bonds. The molecule has 0 radical (unpaired) electrons. The van der Waals surface area contributed by atoms with Crippen molar-refractivity contribution >= 4 is 51.4 Å². The Morgan fingerprint density at radius 2 is 2.16 bits per heavy atom. The summed E-state index contributed by atoms with van der Waals surface area (Å²) < 4.78 is 38.6. The number of carbonyl (C=O) groups is 3. The summed E-state index contributed by atoms with van der Waals surface area (Å²) in [5.74, 6) is -3.05. The second-order valence-corrected chi connectivity index (χ2v) is 11.1. The van der Waals surface area contributed by atoms with Gasteiger partial charge in [-0.05, 0) is 21.2 Å². The molecule has 16 nitrogen and oxygen atoms in total. The predicted octanol–water partition coefficient (Wildman–Crippen LogP) is -5.75. The number of aliphatic carboxylic acids is 1. The number of amides is 2. The van der Waals surface area contributed by atoms with Crippen LogP contribution < -0.4 is 44.2 Å². The standard InChI is InChI=1S/C17H19N7O9S3.Na/c1-23-16(19-21-22-23)35-7-8-6-34-15-17(31-2,14(28)24(15)12(8)13(26)27)18-10(25)4-9-5-11(20-32-9)33-36(3,29)30;/h5,15H,4,6-7H2,1-3H3,(H,18,25)(H,26,27);/q;+1/p-1/t15-,17+;/m1./s1. The minimum atomic E-state index is -3.84. The molecule has 20 heteroatoms. The molecule has 0 aromatic carbocycles. The van der Waals surface area contributed by atoms with Crippen LogP contribution in [0, 0.1) is 0 Å². The van der Waals surface area contributed by atoms with Crippen LogP contribution in [0.3, 0.4) is 0 Å². The van der Waals surface area contributed by atoms with E-state index in [-0.39, 0.29) is 58.4 Å². The average Bonchev–Trinajstić information content (AvgIpc) is 3.41. The number of fused-ring (bicyclic) bond motifs is 1. The van der Waals surface area contributed by atoms with Crippen LogP contribution in [0.1, 0.15) is 5.76 Å². The van der Waals surface area contributed by atoms with Gasteiger partial charge in [-0.1, -0.05) is 11.8 Å². The summed E-state index contributed by atoms with van der Waals surface area (Å²) in [4.78, 5) is 38.8. The molecule has 1 saturated heterocycles. The van der Waals surface area contributed by atoms with Crippen LogP contribution in [-0.2, 0) is 42.7 Å². The van der Waals surface area contributed by atoms with E-state index in [2.05, 4.69) is 30.2 Å². The minimum absolute atomic E-state index is 0. The second-order valence-electron chi connectivity index (χ2n) is 7.54. The number of methoxy groups -OCH3 is 1. The van der Waals surface area contributed by atoms with Gasteiger partial charge < -0.3 is 28.7 Å². The smallest absolute Gasteiger partial charge is 0.543 e. The quantitative estimate of drug-likeness (QED) is 0.0907. The molecule has 2 aliphatic rings. The number of β-lactam (4-membered cyclic amide) rings is 1. The second kappa shape index (κ2) is 11.3. The number of carboxylic acid groups (broad SMARTS) is 1. The Kier molecular flexibility index (Phi) is 8.97. The maximum Gasteiger partial charge on any atom is 1.00 e. The van der Waals surface area contributed by atoms with E-state index in [4.69, 9.17) is 9.26 Å². The molecule has 0 saturated carbocycles. The van der Waals surface area contributed by atoms with Crippen LogP contribution >= 0.6 is 23.5 Å². The number of aryl methyl sites for hydroxylation is 1. The Hall–Kier alpha value is -2.16. The summed E-state index contributed by atoms with van der Waals surface area (Å²) in [6, 6.07) is 1.11. The van der Waals surface area contributed by atoms with Crippen molar-refractivity contribution in [1.82, 2.24) is 35.6 Å². The van der Waals surface area contributed by atoms with E-state index in [1.54, 1.807) is 7.05 Å². The molecule has 2 atom stereocenters. The van der Waals surface area contributed by atoms with Gasteiger partial charge in [-0.15, -0.1) is 16.9 Å². The molecule has 194 valence electrons. The van der Waals surface area contributed by atoms with E-state index in [1.807, 2.05) is 0 Å². The number of hydrogen-bond donors (Lipinski definition) is 1. The van der Waals surface area contributed by atoms with Gasteiger partial charge in [0.15, 0.2) is 0 Å². The van der Waals surface area contributed by atoms with Crippen molar-refractivity contribution in [3.8, 4) is 5.88 Å². The molecule has 0 aliphatic carbocycles. The van der Waals surface area contributed by atoms with E-state index in [0.717, 1.165) is 17.2 Å². The number of carbonyl (C=O) groups excluding carboxylic acids is 3. The van der Waals surface area contributed by atoms with Crippen molar-refractivity contribution in [2.24, 2.45) is 7.05 Å². The third kappa shape index (κ3) is 5.96. The number of rotatable bonds is 10. The van der Waals surface area contributed by atoms with Crippen LogP contribution in [0.5, 0.6) is 5.88 Å². The average molecular weight is 584 g/mol. The summed E-state index contributed by atoms with van der Waals surface area (Å²) >= 11 is 2.39. The first-order valence-electron chi connectivity index (χ1n) is 9.90. The van der Waals surface area contributed by atoms with Gasteiger partial charge in [-0.25, -0.2) is 4.68 Å². The Labute approximate surface area is 240 Å². The van der Waals surface area contributed by atoms with Gasteiger partial charge in [0.25, 0.3) is 17.5 Å². The third-order valence-electron chi connectivity index (χ3n) is 5.02. The molecule has 2 aromatic heterocycles. The largest absolute Gasteiger partial charge is 1.00 e. The van der Waals surface area contributed by atoms with Gasteiger partial charge in [0.2, 0.25) is 11.1 Å². The molecule has 37 heavy (non-hydrogen) atoms. The summed E-state index contributed by atoms with van der Waals surface area (Å²) in [6.07, 6.45) is 0.394. The number of aromatic nitrogens is 5. The molecule has 2 aliphatic heterocycles. The number of nitrogens with zero attached hydrogens (tertiary/aromatic N) is 6. The van der Waals surface area contributed by atoms with E-state index < -0.39 is 45.4 Å². The SMILES string of the molecule is CO[C@@]1(NC(=O)Cc2cc(OS(C)(=O)=O)no2)C(=O)N2C(C(=O)[O-])=C(CSc3nnnn3C)CS[C@@H]21.[Na+]. The van der Waals surface area contributed by atoms with Crippen LogP contribution in [0.2, 0.25) is 0 Å². The Morgan fingerprint density at radius 1 is 1.43 bits per heavy atom. The van der Waals surface area contributed by atoms with Gasteiger partial charge in [-0.3, -0.25) is 14.5 Å². The molecule has 1 N–H and O–H groups in total. The first-order valence-corrected chi connectivity index (χ1v) is 13.7. The summed E-state index contributed by atoms with van der Waals surface area (Å²) in [5.41, 5.74) is -1.71. The summed E-state index contributed by atoms with van der Waals surface area (Å²) in [6.45, 7) is 0. The summed E-state index contributed by atoms with van der Waals surface area (Å²) in [7, 11) is -1.00. The fourth-order valence-corrected chi connectivity index (χ4v) is 6.34. The molecule has 2 aromatic rings. The van der Waals surface area contributed by atoms with Crippen molar-refractivity contribution in [2.45, 2.75) is 22.7 Å².